The van der Waals surface area contributed by atoms with Gasteiger partial charge in [-0.15, -0.1) is 0 Å². The zero-order chi connectivity index (χ0) is 19.3. The van der Waals surface area contributed by atoms with E-state index in [-0.39, 0.29) is 12.3 Å². The molecule has 0 spiro atoms. The van der Waals surface area contributed by atoms with Crippen LogP contribution in [-0.4, -0.2) is 59.1 Å². The maximum absolute atomic E-state index is 13.1. The van der Waals surface area contributed by atoms with Gasteiger partial charge in [-0.2, -0.15) is 0 Å². The van der Waals surface area contributed by atoms with Gasteiger partial charge in [0, 0.05) is 32.2 Å². The summed E-state index contributed by atoms with van der Waals surface area (Å²) in [7, 11) is 0. The van der Waals surface area contributed by atoms with Crippen molar-refractivity contribution in [3.05, 3.63) is 36.2 Å². The highest BCUT2D eigenvalue weighted by Gasteiger charge is 2.46. The zero-order valence-electron chi connectivity index (χ0n) is 15.8. The van der Waals surface area contributed by atoms with Crippen LogP contribution in [-0.2, 0) is 11.2 Å². The second-order valence-electron chi connectivity index (χ2n) is 8.38. The van der Waals surface area contributed by atoms with Crippen molar-refractivity contribution in [3.63, 3.8) is 0 Å². The molecule has 3 fully saturated rings. The van der Waals surface area contributed by atoms with Gasteiger partial charge in [0.25, 0.3) is 0 Å². The summed E-state index contributed by atoms with van der Waals surface area (Å²) in [5, 5.41) is 0. The predicted octanol–water partition coefficient (Wildman–Crippen LogP) is 2.36. The molecule has 6 nitrogen and oxygen atoms in total. The number of anilines is 1. The molecule has 7 heteroatoms. The van der Waals surface area contributed by atoms with E-state index >= 15 is 0 Å². The summed E-state index contributed by atoms with van der Waals surface area (Å²) < 4.78 is 18.5. The first-order valence-corrected chi connectivity index (χ1v) is 10.0. The summed E-state index contributed by atoms with van der Waals surface area (Å²) >= 11 is 0. The molecular formula is C21H25FN4O2. The third-order valence-electron chi connectivity index (χ3n) is 6.56. The summed E-state index contributed by atoms with van der Waals surface area (Å²) in [4.78, 5) is 21.6. The Kier molecular flexibility index (Phi) is 4.34. The van der Waals surface area contributed by atoms with Crippen molar-refractivity contribution < 1.29 is 13.6 Å². The first-order chi connectivity index (χ1) is 13.6. The standard InChI is InChI=1S/C21H25FN4O2/c22-15-11-25(12-15)16-6-13-9-26(10-14(13)7-16)21(27)8-19-17(23)3-4-18(24-19)20-2-1-5-28-20/h1-5,13-16H,6-12,23H2. The highest BCUT2D eigenvalue weighted by molar-refractivity contribution is 5.80. The van der Waals surface area contributed by atoms with E-state index in [2.05, 4.69) is 9.88 Å². The van der Waals surface area contributed by atoms with Crippen molar-refractivity contribution in [3.8, 4) is 11.5 Å². The lowest BCUT2D eigenvalue weighted by Crippen LogP contribution is -2.53. The van der Waals surface area contributed by atoms with Crippen molar-refractivity contribution >= 4 is 11.6 Å². The molecule has 2 unspecified atom stereocenters. The fraction of sp³-hybridized carbons (Fsp3) is 0.524. The Morgan fingerprint density at radius 1 is 1.18 bits per heavy atom. The number of alkyl halides is 1. The Balaban J connectivity index is 1.21. The quantitative estimate of drug-likeness (QED) is 0.876. The predicted molar refractivity (Wildman–Crippen MR) is 103 cm³/mol. The molecule has 1 aliphatic carbocycles. The monoisotopic (exact) mass is 384 g/mol. The molecule has 0 radical (unpaired) electrons. The van der Waals surface area contributed by atoms with Gasteiger partial charge in [0.2, 0.25) is 5.91 Å². The number of nitrogen functional groups attached to an aromatic ring is 1. The van der Waals surface area contributed by atoms with Crippen molar-refractivity contribution in [1.82, 2.24) is 14.8 Å². The highest BCUT2D eigenvalue weighted by atomic mass is 19.1. The molecular weight excluding hydrogens is 359 g/mol. The molecule has 28 heavy (non-hydrogen) atoms. The average molecular weight is 384 g/mol. The van der Waals surface area contributed by atoms with E-state index in [1.807, 2.05) is 17.0 Å². The normalized spacial score (nSPS) is 27.8. The highest BCUT2D eigenvalue weighted by Crippen LogP contribution is 2.41. The van der Waals surface area contributed by atoms with Crippen LogP contribution < -0.4 is 5.73 Å². The number of furan rings is 1. The number of nitrogens with two attached hydrogens (primary N) is 1. The van der Waals surface area contributed by atoms with Crippen LogP contribution in [0.4, 0.5) is 10.1 Å². The molecule has 1 amide bonds. The third-order valence-corrected chi connectivity index (χ3v) is 6.56. The lowest BCUT2D eigenvalue weighted by atomic mass is 10.0. The molecule has 4 heterocycles. The summed E-state index contributed by atoms with van der Waals surface area (Å²) in [5.41, 5.74) is 7.88. The number of rotatable bonds is 4. The van der Waals surface area contributed by atoms with E-state index in [0.29, 0.717) is 53.8 Å². The Morgan fingerprint density at radius 2 is 1.93 bits per heavy atom. The molecule has 2 atom stereocenters. The molecule has 1 saturated carbocycles. The summed E-state index contributed by atoms with van der Waals surface area (Å²) in [6.45, 7) is 2.77. The minimum absolute atomic E-state index is 0.0783. The average Bonchev–Trinajstić information content (AvgIpc) is 3.36. The van der Waals surface area contributed by atoms with Gasteiger partial charge >= 0.3 is 0 Å². The van der Waals surface area contributed by atoms with E-state index in [4.69, 9.17) is 10.2 Å². The minimum atomic E-state index is -0.645. The molecule has 2 aromatic heterocycles. The van der Waals surface area contributed by atoms with Crippen molar-refractivity contribution in [2.45, 2.75) is 31.5 Å². The molecule has 2 aliphatic heterocycles. The van der Waals surface area contributed by atoms with Gasteiger partial charge in [-0.05, 0) is 48.9 Å². The van der Waals surface area contributed by atoms with Crippen molar-refractivity contribution in [2.75, 3.05) is 31.9 Å². The Bertz CT molecular complexity index is 851. The van der Waals surface area contributed by atoms with Gasteiger partial charge in [0.05, 0.1) is 24.1 Å². The number of amides is 1. The largest absolute Gasteiger partial charge is 0.463 e. The number of halogens is 1. The topological polar surface area (TPSA) is 75.6 Å². The molecule has 2 saturated heterocycles. The summed E-state index contributed by atoms with van der Waals surface area (Å²) in [6, 6.07) is 7.73. The maximum Gasteiger partial charge on any atom is 0.228 e. The number of likely N-dealkylation sites (tertiary alicyclic amines) is 2. The number of carbonyl (C=O) groups excluding carboxylic acids is 1. The fourth-order valence-corrected chi connectivity index (χ4v) is 4.99. The fourth-order valence-electron chi connectivity index (χ4n) is 4.99. The first-order valence-electron chi connectivity index (χ1n) is 10.0. The second kappa shape index (κ2) is 6.88. The first kappa shape index (κ1) is 17.7. The number of aromatic nitrogens is 1. The van der Waals surface area contributed by atoms with Gasteiger partial charge in [-0.25, -0.2) is 9.37 Å². The molecule has 5 rings (SSSR count). The SMILES string of the molecule is Nc1ccc(-c2ccco2)nc1CC(=O)N1CC2CC(N3CC(F)C3)CC2C1. The zero-order valence-corrected chi connectivity index (χ0v) is 15.8. The Morgan fingerprint density at radius 3 is 2.57 bits per heavy atom. The van der Waals surface area contributed by atoms with Crippen LogP contribution in [0, 0.1) is 11.8 Å². The number of fused-ring (bicyclic) bond motifs is 1. The van der Waals surface area contributed by atoms with Gasteiger partial charge in [0.15, 0.2) is 5.76 Å². The molecule has 2 N–H and O–H groups in total. The lowest BCUT2D eigenvalue weighted by Gasteiger charge is -2.39. The van der Waals surface area contributed by atoms with Gasteiger partial charge in [0.1, 0.15) is 11.9 Å². The van der Waals surface area contributed by atoms with Gasteiger partial charge < -0.3 is 15.1 Å². The second-order valence-corrected chi connectivity index (χ2v) is 8.38. The van der Waals surface area contributed by atoms with E-state index in [9.17, 15) is 9.18 Å². The summed E-state index contributed by atoms with van der Waals surface area (Å²) in [5.74, 6) is 1.81. The van der Waals surface area contributed by atoms with E-state index in [0.717, 1.165) is 25.9 Å². The Labute approximate surface area is 163 Å². The van der Waals surface area contributed by atoms with Crippen LogP contribution >= 0.6 is 0 Å². The number of carbonyl (C=O) groups is 1. The Hall–Kier alpha value is -2.41. The number of pyridine rings is 1. The van der Waals surface area contributed by atoms with Crippen LogP contribution in [0.5, 0.6) is 0 Å². The molecule has 3 aliphatic rings. The lowest BCUT2D eigenvalue weighted by molar-refractivity contribution is -0.129. The van der Waals surface area contributed by atoms with E-state index in [1.165, 1.54) is 0 Å². The molecule has 2 aromatic rings. The van der Waals surface area contributed by atoms with Crippen LogP contribution in [0.1, 0.15) is 18.5 Å². The maximum atomic E-state index is 13.1. The third kappa shape index (κ3) is 3.17. The van der Waals surface area contributed by atoms with Crippen LogP contribution in [0.25, 0.3) is 11.5 Å². The van der Waals surface area contributed by atoms with Crippen LogP contribution in [0.15, 0.2) is 34.9 Å². The van der Waals surface area contributed by atoms with Gasteiger partial charge in [-0.3, -0.25) is 9.69 Å². The van der Waals surface area contributed by atoms with E-state index < -0.39 is 6.17 Å². The molecule has 0 bridgehead atoms. The smallest absolute Gasteiger partial charge is 0.228 e. The summed E-state index contributed by atoms with van der Waals surface area (Å²) in [6.07, 6.45) is 3.32. The molecule has 148 valence electrons. The van der Waals surface area contributed by atoms with Crippen molar-refractivity contribution in [1.29, 1.82) is 0 Å². The number of hydrogen-bond donors (Lipinski definition) is 1. The molecule has 0 aromatic carbocycles. The van der Waals surface area contributed by atoms with Crippen LogP contribution in [0.2, 0.25) is 0 Å². The van der Waals surface area contributed by atoms with Crippen molar-refractivity contribution in [2.24, 2.45) is 11.8 Å². The number of hydrogen-bond acceptors (Lipinski definition) is 5. The van der Waals surface area contributed by atoms with Gasteiger partial charge in [-0.1, -0.05) is 0 Å². The van der Waals surface area contributed by atoms with Crippen LogP contribution in [0.3, 0.4) is 0 Å². The minimum Gasteiger partial charge on any atom is -0.463 e. The van der Waals surface area contributed by atoms with E-state index in [1.54, 1.807) is 18.4 Å². The number of nitrogens with zero attached hydrogens (tertiary/aromatic N) is 3.